The van der Waals surface area contributed by atoms with Crippen LogP contribution in [0.15, 0.2) is 34.7 Å². The van der Waals surface area contributed by atoms with Crippen LogP contribution < -0.4 is 0 Å². The highest BCUT2D eigenvalue weighted by Crippen LogP contribution is 2.28. The Labute approximate surface area is 121 Å². The Morgan fingerprint density at radius 2 is 2.00 bits per heavy atom. The Hall–Kier alpha value is -1.94. The highest BCUT2D eigenvalue weighted by atomic mass is 32.1. The smallest absolute Gasteiger partial charge is 0.175 e. The molecule has 1 aliphatic carbocycles. The molecule has 100 valence electrons. The van der Waals surface area contributed by atoms with Crippen molar-refractivity contribution in [3.05, 3.63) is 46.2 Å². The second-order valence-electron chi connectivity index (χ2n) is 5.20. The normalized spacial score (nSPS) is 14.4. The summed E-state index contributed by atoms with van der Waals surface area (Å²) in [6, 6.07) is 9.99. The molecule has 20 heavy (non-hydrogen) atoms. The Morgan fingerprint density at radius 3 is 2.90 bits per heavy atom. The van der Waals surface area contributed by atoms with Gasteiger partial charge in [0.25, 0.3) is 0 Å². The molecule has 1 aromatic carbocycles. The molecule has 3 aromatic rings. The second kappa shape index (κ2) is 4.56. The minimum atomic E-state index is 0.717. The van der Waals surface area contributed by atoms with Gasteiger partial charge in [-0.3, -0.25) is 0 Å². The van der Waals surface area contributed by atoms with Crippen LogP contribution in [-0.2, 0) is 12.8 Å². The lowest BCUT2D eigenvalue weighted by atomic mass is 9.97. The molecule has 0 amide bonds. The van der Waals surface area contributed by atoms with Gasteiger partial charge in [-0.2, -0.15) is 0 Å². The van der Waals surface area contributed by atoms with Crippen molar-refractivity contribution in [3.63, 3.8) is 0 Å². The van der Waals surface area contributed by atoms with E-state index in [1.165, 1.54) is 24.1 Å². The van der Waals surface area contributed by atoms with Crippen molar-refractivity contribution in [1.29, 1.82) is 0 Å². The van der Waals surface area contributed by atoms with Gasteiger partial charge in [0.2, 0.25) is 0 Å². The van der Waals surface area contributed by atoms with Gasteiger partial charge in [-0.25, -0.2) is 4.98 Å². The number of nitrogens with one attached hydrogen (secondary N) is 1. The highest BCUT2D eigenvalue weighted by Gasteiger charge is 2.15. The van der Waals surface area contributed by atoms with Gasteiger partial charge in [-0.05, 0) is 37.8 Å². The molecule has 0 saturated heterocycles. The Kier molecular flexibility index (Phi) is 2.70. The quantitative estimate of drug-likeness (QED) is 0.671. The van der Waals surface area contributed by atoms with Crippen LogP contribution in [0.2, 0.25) is 0 Å². The fourth-order valence-electron chi connectivity index (χ4n) is 2.83. The largest absolute Gasteiger partial charge is 0.453 e. The average molecular weight is 282 g/mol. The number of fused-ring (bicyclic) bond motifs is 2. The predicted molar refractivity (Wildman–Crippen MR) is 81.3 cm³/mol. The van der Waals surface area contributed by atoms with E-state index in [4.69, 9.17) is 16.6 Å². The van der Waals surface area contributed by atoms with Crippen molar-refractivity contribution < 1.29 is 4.42 Å². The SMILES string of the molecule is S=c1nc(-c2cc3ccccc3o2)[nH]c2c1CCCC2. The summed E-state index contributed by atoms with van der Waals surface area (Å²) in [6.45, 7) is 0. The van der Waals surface area contributed by atoms with E-state index in [2.05, 4.69) is 9.97 Å². The standard InChI is InChI=1S/C16H14N2OS/c20-16-11-6-2-3-7-12(11)17-15(18-16)14-9-10-5-1-4-8-13(10)19-14/h1,4-5,8-9H,2-3,6-7H2,(H,17,18,20). The van der Waals surface area contributed by atoms with Gasteiger partial charge >= 0.3 is 0 Å². The third-order valence-electron chi connectivity index (χ3n) is 3.87. The number of rotatable bonds is 1. The topological polar surface area (TPSA) is 41.8 Å². The molecule has 4 heteroatoms. The summed E-state index contributed by atoms with van der Waals surface area (Å²) < 4.78 is 6.58. The lowest BCUT2D eigenvalue weighted by Crippen LogP contribution is -2.08. The van der Waals surface area contributed by atoms with E-state index in [1.807, 2.05) is 30.3 Å². The van der Waals surface area contributed by atoms with Gasteiger partial charge in [0, 0.05) is 16.6 Å². The van der Waals surface area contributed by atoms with Crippen LogP contribution in [-0.4, -0.2) is 9.97 Å². The first-order valence-electron chi connectivity index (χ1n) is 6.92. The number of aromatic nitrogens is 2. The Balaban J connectivity index is 1.89. The fourth-order valence-corrected chi connectivity index (χ4v) is 3.15. The first kappa shape index (κ1) is 11.9. The number of nitrogens with zero attached hydrogens (tertiary/aromatic N) is 1. The molecule has 0 saturated carbocycles. The number of benzene rings is 1. The van der Waals surface area contributed by atoms with Gasteiger partial charge < -0.3 is 9.40 Å². The third kappa shape index (κ3) is 1.88. The predicted octanol–water partition coefficient (Wildman–Crippen LogP) is 4.43. The van der Waals surface area contributed by atoms with Crippen molar-refractivity contribution in [1.82, 2.24) is 9.97 Å². The molecule has 0 aliphatic heterocycles. The molecule has 0 radical (unpaired) electrons. The van der Waals surface area contributed by atoms with Crippen LogP contribution in [0.25, 0.3) is 22.6 Å². The molecule has 0 spiro atoms. The number of para-hydroxylation sites is 1. The number of furan rings is 1. The van der Waals surface area contributed by atoms with Crippen LogP contribution in [0.1, 0.15) is 24.1 Å². The molecule has 1 N–H and O–H groups in total. The van der Waals surface area contributed by atoms with Crippen LogP contribution >= 0.6 is 12.2 Å². The Morgan fingerprint density at radius 1 is 1.15 bits per heavy atom. The van der Waals surface area contributed by atoms with E-state index in [-0.39, 0.29) is 0 Å². The number of hydrogen-bond donors (Lipinski definition) is 1. The van der Waals surface area contributed by atoms with E-state index in [0.29, 0.717) is 4.64 Å². The second-order valence-corrected chi connectivity index (χ2v) is 5.59. The number of H-pyrrole nitrogens is 1. The number of hydrogen-bond acceptors (Lipinski definition) is 3. The van der Waals surface area contributed by atoms with Gasteiger partial charge in [-0.15, -0.1) is 0 Å². The van der Waals surface area contributed by atoms with Crippen molar-refractivity contribution in [3.8, 4) is 11.6 Å². The minimum absolute atomic E-state index is 0.717. The molecule has 0 bridgehead atoms. The van der Waals surface area contributed by atoms with Crippen molar-refractivity contribution in [2.45, 2.75) is 25.7 Å². The van der Waals surface area contributed by atoms with Gasteiger partial charge in [0.15, 0.2) is 11.6 Å². The lowest BCUT2D eigenvalue weighted by molar-refractivity contribution is 0.618. The molecule has 2 aromatic heterocycles. The summed E-state index contributed by atoms with van der Waals surface area (Å²) in [4.78, 5) is 7.93. The van der Waals surface area contributed by atoms with E-state index in [9.17, 15) is 0 Å². The highest BCUT2D eigenvalue weighted by molar-refractivity contribution is 7.71. The molecule has 0 unspecified atom stereocenters. The lowest BCUT2D eigenvalue weighted by Gasteiger charge is -2.15. The summed E-state index contributed by atoms with van der Waals surface area (Å²) in [5.41, 5.74) is 3.32. The molecular formula is C16H14N2OS. The minimum Gasteiger partial charge on any atom is -0.453 e. The van der Waals surface area contributed by atoms with E-state index >= 15 is 0 Å². The van der Waals surface area contributed by atoms with Crippen LogP contribution in [0.5, 0.6) is 0 Å². The first-order valence-corrected chi connectivity index (χ1v) is 7.33. The molecule has 4 rings (SSSR count). The Bertz CT molecular complexity index is 814. The zero-order valence-corrected chi connectivity index (χ0v) is 11.8. The van der Waals surface area contributed by atoms with Crippen molar-refractivity contribution in [2.24, 2.45) is 0 Å². The summed E-state index contributed by atoms with van der Waals surface area (Å²) in [5.74, 6) is 1.50. The summed E-state index contributed by atoms with van der Waals surface area (Å²) >= 11 is 5.43. The summed E-state index contributed by atoms with van der Waals surface area (Å²) in [6.07, 6.45) is 4.50. The number of aryl methyl sites for hydroxylation is 1. The average Bonchev–Trinajstić information content (AvgIpc) is 2.91. The maximum absolute atomic E-state index is 5.86. The van der Waals surface area contributed by atoms with Crippen LogP contribution in [0.4, 0.5) is 0 Å². The molecule has 1 aliphatic rings. The number of aromatic amines is 1. The zero-order valence-electron chi connectivity index (χ0n) is 11.0. The first-order chi connectivity index (χ1) is 9.81. The van der Waals surface area contributed by atoms with E-state index in [1.54, 1.807) is 0 Å². The molecule has 2 heterocycles. The summed E-state index contributed by atoms with van der Waals surface area (Å²) in [5, 5.41) is 1.08. The van der Waals surface area contributed by atoms with Gasteiger partial charge in [-0.1, -0.05) is 30.4 Å². The van der Waals surface area contributed by atoms with Gasteiger partial charge in [0.1, 0.15) is 10.2 Å². The summed E-state index contributed by atoms with van der Waals surface area (Å²) in [7, 11) is 0. The van der Waals surface area contributed by atoms with Gasteiger partial charge in [0.05, 0.1) is 0 Å². The molecule has 3 nitrogen and oxygen atoms in total. The maximum atomic E-state index is 5.86. The monoisotopic (exact) mass is 282 g/mol. The molecule has 0 atom stereocenters. The molecule has 0 fully saturated rings. The van der Waals surface area contributed by atoms with Crippen molar-refractivity contribution >= 4 is 23.2 Å². The van der Waals surface area contributed by atoms with Crippen molar-refractivity contribution in [2.75, 3.05) is 0 Å². The molecular weight excluding hydrogens is 268 g/mol. The third-order valence-corrected chi connectivity index (χ3v) is 4.21. The van der Waals surface area contributed by atoms with E-state index in [0.717, 1.165) is 35.4 Å². The van der Waals surface area contributed by atoms with Crippen LogP contribution in [0, 0.1) is 4.64 Å². The van der Waals surface area contributed by atoms with Crippen LogP contribution in [0.3, 0.4) is 0 Å². The maximum Gasteiger partial charge on any atom is 0.175 e. The van der Waals surface area contributed by atoms with E-state index < -0.39 is 0 Å². The fraction of sp³-hybridized carbons (Fsp3) is 0.250. The zero-order chi connectivity index (χ0) is 13.5.